The second-order valence-corrected chi connectivity index (χ2v) is 5.89. The molecule has 1 heterocycles. The summed E-state index contributed by atoms with van der Waals surface area (Å²) in [4.78, 5) is 7.48. The first kappa shape index (κ1) is 14.2. The lowest BCUT2D eigenvalue weighted by Gasteiger charge is -2.24. The molecule has 0 bridgehead atoms. The zero-order chi connectivity index (χ0) is 15.0. The first-order valence-corrected chi connectivity index (χ1v) is 7.31. The van der Waals surface area contributed by atoms with Crippen LogP contribution in [0.25, 0.3) is 11.3 Å². The molecule has 1 aromatic heterocycles. The predicted molar refractivity (Wildman–Crippen MR) is 77.9 cm³/mol. The fraction of sp³-hybridized carbons (Fsp3) is 0.438. The Morgan fingerprint density at radius 2 is 2.05 bits per heavy atom. The van der Waals surface area contributed by atoms with Crippen molar-refractivity contribution >= 4 is 0 Å². The number of aryl methyl sites for hydroxylation is 1. The number of rotatable bonds is 2. The molecule has 112 valence electrons. The SMILES string of the molecule is Cc1cc(F)c(-c2cnc(C3CCCC(N)C3)[nH]2)cc1F. The second kappa shape index (κ2) is 5.56. The van der Waals surface area contributed by atoms with Gasteiger partial charge in [0.2, 0.25) is 0 Å². The largest absolute Gasteiger partial charge is 0.342 e. The minimum atomic E-state index is -0.440. The summed E-state index contributed by atoms with van der Waals surface area (Å²) in [6, 6.07) is 2.63. The maximum Gasteiger partial charge on any atom is 0.133 e. The first-order valence-electron chi connectivity index (χ1n) is 7.31. The molecular weight excluding hydrogens is 272 g/mol. The molecule has 1 saturated carbocycles. The maximum atomic E-state index is 14.0. The summed E-state index contributed by atoms with van der Waals surface area (Å²) >= 11 is 0. The number of aromatic amines is 1. The number of halogens is 2. The van der Waals surface area contributed by atoms with Crippen molar-refractivity contribution in [3.8, 4) is 11.3 Å². The molecule has 3 rings (SSSR count). The lowest BCUT2D eigenvalue weighted by Crippen LogP contribution is -2.27. The van der Waals surface area contributed by atoms with Gasteiger partial charge in [-0.05, 0) is 43.9 Å². The van der Waals surface area contributed by atoms with Crippen molar-refractivity contribution in [3.05, 3.63) is 41.4 Å². The van der Waals surface area contributed by atoms with Gasteiger partial charge in [-0.15, -0.1) is 0 Å². The Morgan fingerprint density at radius 3 is 2.81 bits per heavy atom. The van der Waals surface area contributed by atoms with E-state index in [2.05, 4.69) is 9.97 Å². The van der Waals surface area contributed by atoms with Gasteiger partial charge in [0.1, 0.15) is 17.5 Å². The number of hydrogen-bond acceptors (Lipinski definition) is 2. The molecule has 3 N–H and O–H groups in total. The quantitative estimate of drug-likeness (QED) is 0.887. The smallest absolute Gasteiger partial charge is 0.133 e. The van der Waals surface area contributed by atoms with Crippen LogP contribution in [0.1, 0.15) is 43.0 Å². The van der Waals surface area contributed by atoms with E-state index in [0.29, 0.717) is 11.3 Å². The van der Waals surface area contributed by atoms with Crippen LogP contribution < -0.4 is 5.73 Å². The number of imidazole rings is 1. The number of benzene rings is 1. The highest BCUT2D eigenvalue weighted by Crippen LogP contribution is 2.32. The van der Waals surface area contributed by atoms with Crippen LogP contribution in [-0.2, 0) is 0 Å². The summed E-state index contributed by atoms with van der Waals surface area (Å²) in [5.41, 5.74) is 7.02. The van der Waals surface area contributed by atoms with Crippen molar-refractivity contribution < 1.29 is 8.78 Å². The summed E-state index contributed by atoms with van der Waals surface area (Å²) in [5, 5.41) is 0. The van der Waals surface area contributed by atoms with Crippen LogP contribution in [0.3, 0.4) is 0 Å². The first-order chi connectivity index (χ1) is 10.0. The average Bonchev–Trinajstić information content (AvgIpc) is 2.92. The van der Waals surface area contributed by atoms with Crippen LogP contribution in [0.15, 0.2) is 18.3 Å². The third-order valence-electron chi connectivity index (χ3n) is 4.24. The molecule has 2 unspecified atom stereocenters. The highest BCUT2D eigenvalue weighted by Gasteiger charge is 2.23. The maximum absolute atomic E-state index is 14.0. The normalized spacial score (nSPS) is 22.5. The van der Waals surface area contributed by atoms with E-state index in [1.807, 2.05) is 0 Å². The van der Waals surface area contributed by atoms with Crippen molar-refractivity contribution in [1.29, 1.82) is 0 Å². The van der Waals surface area contributed by atoms with Crippen LogP contribution in [0.4, 0.5) is 8.78 Å². The predicted octanol–water partition coefficient (Wildman–Crippen LogP) is 3.65. The lowest BCUT2D eigenvalue weighted by molar-refractivity contribution is 0.383. The van der Waals surface area contributed by atoms with Gasteiger partial charge in [-0.3, -0.25) is 0 Å². The molecule has 0 radical (unpaired) electrons. The van der Waals surface area contributed by atoms with Crippen LogP contribution in [0.5, 0.6) is 0 Å². The van der Waals surface area contributed by atoms with E-state index in [1.165, 1.54) is 12.1 Å². The molecule has 1 aromatic carbocycles. The number of nitrogens with one attached hydrogen (secondary N) is 1. The van der Waals surface area contributed by atoms with Crippen LogP contribution >= 0.6 is 0 Å². The van der Waals surface area contributed by atoms with Crippen molar-refractivity contribution in [1.82, 2.24) is 9.97 Å². The molecule has 1 aliphatic rings. The molecule has 1 fully saturated rings. The lowest BCUT2D eigenvalue weighted by atomic mass is 9.86. The Bertz CT molecular complexity index is 651. The average molecular weight is 291 g/mol. The molecule has 5 heteroatoms. The number of nitrogens with zero attached hydrogens (tertiary/aromatic N) is 1. The minimum Gasteiger partial charge on any atom is -0.342 e. The molecule has 0 spiro atoms. The third-order valence-corrected chi connectivity index (χ3v) is 4.24. The Balaban J connectivity index is 1.90. The molecule has 21 heavy (non-hydrogen) atoms. The van der Waals surface area contributed by atoms with Gasteiger partial charge < -0.3 is 10.7 Å². The monoisotopic (exact) mass is 291 g/mol. The van der Waals surface area contributed by atoms with Crippen LogP contribution in [-0.4, -0.2) is 16.0 Å². The molecule has 1 aliphatic carbocycles. The zero-order valence-electron chi connectivity index (χ0n) is 12.0. The third kappa shape index (κ3) is 2.83. The summed E-state index contributed by atoms with van der Waals surface area (Å²) in [6.45, 7) is 1.55. The number of hydrogen-bond donors (Lipinski definition) is 2. The van der Waals surface area contributed by atoms with E-state index in [1.54, 1.807) is 13.1 Å². The molecule has 0 saturated heterocycles. The van der Waals surface area contributed by atoms with Gasteiger partial charge in [0.15, 0.2) is 0 Å². The summed E-state index contributed by atoms with van der Waals surface area (Å²) < 4.78 is 27.6. The topological polar surface area (TPSA) is 54.7 Å². The van der Waals surface area contributed by atoms with E-state index in [9.17, 15) is 8.78 Å². The van der Waals surface area contributed by atoms with Gasteiger partial charge in [-0.25, -0.2) is 13.8 Å². The Kier molecular flexibility index (Phi) is 3.76. The Morgan fingerprint density at radius 1 is 1.24 bits per heavy atom. The highest BCUT2D eigenvalue weighted by molar-refractivity contribution is 5.60. The van der Waals surface area contributed by atoms with Gasteiger partial charge in [0.05, 0.1) is 11.9 Å². The Labute approximate surface area is 122 Å². The molecule has 3 nitrogen and oxygen atoms in total. The van der Waals surface area contributed by atoms with E-state index >= 15 is 0 Å². The van der Waals surface area contributed by atoms with Gasteiger partial charge in [-0.1, -0.05) is 6.42 Å². The van der Waals surface area contributed by atoms with E-state index in [4.69, 9.17) is 5.73 Å². The summed E-state index contributed by atoms with van der Waals surface area (Å²) in [6.07, 6.45) is 5.61. The molecule has 2 atom stereocenters. The van der Waals surface area contributed by atoms with E-state index in [0.717, 1.165) is 31.5 Å². The Hall–Kier alpha value is -1.75. The fourth-order valence-electron chi connectivity index (χ4n) is 3.01. The standard InChI is InChI=1S/C16H19F2N3/c1-9-5-14(18)12(7-13(9)17)15-8-20-16(21-15)10-3-2-4-11(19)6-10/h5,7-8,10-11H,2-4,6,19H2,1H3,(H,20,21). The zero-order valence-corrected chi connectivity index (χ0v) is 12.0. The second-order valence-electron chi connectivity index (χ2n) is 5.89. The van der Waals surface area contributed by atoms with Gasteiger partial charge in [0, 0.05) is 17.5 Å². The van der Waals surface area contributed by atoms with Crippen molar-refractivity contribution in [2.45, 2.75) is 44.6 Å². The van der Waals surface area contributed by atoms with Gasteiger partial charge in [0.25, 0.3) is 0 Å². The van der Waals surface area contributed by atoms with Crippen LogP contribution in [0.2, 0.25) is 0 Å². The minimum absolute atomic E-state index is 0.200. The number of H-pyrrole nitrogens is 1. The summed E-state index contributed by atoms with van der Waals surface area (Å²) in [5.74, 6) is 0.244. The summed E-state index contributed by atoms with van der Waals surface area (Å²) in [7, 11) is 0. The molecule has 0 aliphatic heterocycles. The molecule has 2 aromatic rings. The fourth-order valence-corrected chi connectivity index (χ4v) is 3.01. The van der Waals surface area contributed by atoms with E-state index < -0.39 is 11.6 Å². The number of aromatic nitrogens is 2. The van der Waals surface area contributed by atoms with E-state index in [-0.39, 0.29) is 17.5 Å². The van der Waals surface area contributed by atoms with Gasteiger partial charge >= 0.3 is 0 Å². The molecular formula is C16H19F2N3. The number of nitrogens with two attached hydrogens (primary N) is 1. The van der Waals surface area contributed by atoms with Crippen molar-refractivity contribution in [3.63, 3.8) is 0 Å². The van der Waals surface area contributed by atoms with Crippen LogP contribution in [0, 0.1) is 18.6 Å². The highest BCUT2D eigenvalue weighted by atomic mass is 19.1. The van der Waals surface area contributed by atoms with Crippen molar-refractivity contribution in [2.75, 3.05) is 0 Å². The van der Waals surface area contributed by atoms with Crippen molar-refractivity contribution in [2.24, 2.45) is 5.73 Å². The molecule has 0 amide bonds. The van der Waals surface area contributed by atoms with Gasteiger partial charge in [-0.2, -0.15) is 0 Å².